The van der Waals surface area contributed by atoms with Gasteiger partial charge in [-0.2, -0.15) is 4.98 Å². The van der Waals surface area contributed by atoms with E-state index in [-0.39, 0.29) is 0 Å². The lowest BCUT2D eigenvalue weighted by Crippen LogP contribution is -2.37. The monoisotopic (exact) mass is 460 g/mol. The number of benzene rings is 2. The van der Waals surface area contributed by atoms with Gasteiger partial charge in [0.25, 0.3) is 0 Å². The Hall–Kier alpha value is -2.96. The van der Waals surface area contributed by atoms with Crippen molar-refractivity contribution >= 4 is 45.2 Å². The fourth-order valence-corrected chi connectivity index (χ4v) is 4.82. The molecule has 0 spiro atoms. The zero-order valence-corrected chi connectivity index (χ0v) is 19.8. The van der Waals surface area contributed by atoms with Crippen molar-refractivity contribution < 1.29 is 0 Å². The lowest BCUT2D eigenvalue weighted by atomic mass is 9.91. The van der Waals surface area contributed by atoms with E-state index in [1.54, 1.807) is 0 Å². The normalized spacial score (nSPS) is 18.5. The lowest BCUT2D eigenvalue weighted by Gasteiger charge is -2.30. The maximum atomic E-state index is 6.43. The smallest absolute Gasteiger partial charge is 0.225 e. The molecule has 5 rings (SSSR count). The van der Waals surface area contributed by atoms with Gasteiger partial charge in [-0.15, -0.1) is 0 Å². The maximum absolute atomic E-state index is 6.43. The number of hydrogen-bond acceptors (Lipinski definition) is 6. The van der Waals surface area contributed by atoms with Gasteiger partial charge in [0.2, 0.25) is 5.95 Å². The predicted molar refractivity (Wildman–Crippen MR) is 137 cm³/mol. The van der Waals surface area contributed by atoms with E-state index in [0.717, 1.165) is 65.4 Å². The number of nitrogens with zero attached hydrogens (tertiary/aromatic N) is 4. The first-order chi connectivity index (χ1) is 16.1. The van der Waals surface area contributed by atoms with Crippen molar-refractivity contribution in [2.24, 2.45) is 0 Å². The average molecular weight is 461 g/mol. The van der Waals surface area contributed by atoms with Crippen LogP contribution >= 0.6 is 11.6 Å². The Kier molecular flexibility index (Phi) is 6.29. The van der Waals surface area contributed by atoms with E-state index in [1.165, 1.54) is 0 Å². The van der Waals surface area contributed by atoms with Gasteiger partial charge in [0.05, 0.1) is 11.0 Å². The molecule has 33 heavy (non-hydrogen) atoms. The van der Waals surface area contributed by atoms with Crippen molar-refractivity contribution in [3.8, 4) is 0 Å². The van der Waals surface area contributed by atoms with E-state index in [9.17, 15) is 0 Å². The van der Waals surface area contributed by atoms with Crippen LogP contribution in [0.25, 0.3) is 21.8 Å². The van der Waals surface area contributed by atoms with Crippen LogP contribution in [0.5, 0.6) is 0 Å². The molecule has 0 radical (unpaired) electrons. The summed E-state index contributed by atoms with van der Waals surface area (Å²) in [5.74, 6) is 1.65. The molecule has 2 aromatic carbocycles. The molecular formula is C26H29ClN6. The zero-order chi connectivity index (χ0) is 22.8. The van der Waals surface area contributed by atoms with Crippen LogP contribution < -0.4 is 15.5 Å². The summed E-state index contributed by atoms with van der Waals surface area (Å²) >= 11 is 6.43. The zero-order valence-electron chi connectivity index (χ0n) is 19.1. The molecule has 0 unspecified atom stereocenters. The van der Waals surface area contributed by atoms with Crippen molar-refractivity contribution in [1.29, 1.82) is 0 Å². The summed E-state index contributed by atoms with van der Waals surface area (Å²) in [5.41, 5.74) is 2.96. The molecule has 1 fully saturated rings. The van der Waals surface area contributed by atoms with Gasteiger partial charge >= 0.3 is 0 Å². The highest BCUT2D eigenvalue weighted by atomic mass is 35.5. The molecule has 0 amide bonds. The Labute approximate surface area is 199 Å². The number of aromatic nitrogens is 3. The maximum Gasteiger partial charge on any atom is 0.225 e. The highest BCUT2D eigenvalue weighted by molar-refractivity contribution is 6.30. The van der Waals surface area contributed by atoms with Crippen LogP contribution in [-0.2, 0) is 6.54 Å². The largest absolute Gasteiger partial charge is 0.362 e. The van der Waals surface area contributed by atoms with Gasteiger partial charge < -0.3 is 15.5 Å². The molecule has 1 aliphatic carbocycles. The first-order valence-electron chi connectivity index (χ1n) is 11.5. The summed E-state index contributed by atoms with van der Waals surface area (Å²) in [4.78, 5) is 16.1. The van der Waals surface area contributed by atoms with E-state index in [2.05, 4.69) is 33.8 Å². The van der Waals surface area contributed by atoms with E-state index in [0.29, 0.717) is 23.2 Å². The van der Waals surface area contributed by atoms with Gasteiger partial charge in [-0.3, -0.25) is 0 Å². The number of anilines is 2. The molecule has 0 bridgehead atoms. The van der Waals surface area contributed by atoms with Gasteiger partial charge in [-0.1, -0.05) is 41.9 Å². The number of fused-ring (bicyclic) bond motifs is 2. The highest BCUT2D eigenvalue weighted by Crippen LogP contribution is 2.27. The summed E-state index contributed by atoms with van der Waals surface area (Å²) in [6.45, 7) is 0.736. The van der Waals surface area contributed by atoms with Gasteiger partial charge in [-0.25, -0.2) is 9.97 Å². The Morgan fingerprint density at radius 1 is 0.879 bits per heavy atom. The minimum Gasteiger partial charge on any atom is -0.362 e. The Morgan fingerprint density at radius 2 is 1.58 bits per heavy atom. The number of rotatable bonds is 6. The standard InChI is InChI=1S/C26H29ClN6/c1-33(2)25-21-8-4-6-10-23(21)31-26(32-25)29-20-13-11-19(12-14-20)28-16-18-15-17-7-3-5-9-22(17)30-24(18)27/h3-10,15,19-20,28H,11-14,16H2,1-2H3,(H,29,31,32). The van der Waals surface area contributed by atoms with Gasteiger partial charge in [-0.05, 0) is 49.9 Å². The van der Waals surface area contributed by atoms with Crippen LogP contribution in [0, 0.1) is 0 Å². The summed E-state index contributed by atoms with van der Waals surface area (Å²) in [6, 6.07) is 19.3. The molecule has 0 saturated heterocycles. The average Bonchev–Trinajstić information content (AvgIpc) is 2.83. The molecule has 2 aromatic heterocycles. The number of nitrogens with one attached hydrogen (secondary N) is 2. The SMILES string of the molecule is CN(C)c1nc(NC2CCC(NCc3cc4ccccc4nc3Cl)CC2)nc2ccccc12. The number of pyridine rings is 1. The summed E-state index contributed by atoms with van der Waals surface area (Å²) in [5, 5.41) is 10.1. The summed E-state index contributed by atoms with van der Waals surface area (Å²) < 4.78 is 0. The Morgan fingerprint density at radius 3 is 2.36 bits per heavy atom. The number of para-hydroxylation sites is 2. The molecule has 4 aromatic rings. The van der Waals surface area contributed by atoms with Crippen molar-refractivity contribution in [2.75, 3.05) is 24.3 Å². The fraction of sp³-hybridized carbons (Fsp3) is 0.346. The molecular weight excluding hydrogens is 432 g/mol. The van der Waals surface area contributed by atoms with Crippen LogP contribution in [0.3, 0.4) is 0 Å². The number of hydrogen-bond donors (Lipinski definition) is 2. The van der Waals surface area contributed by atoms with Crippen LogP contribution in [0.4, 0.5) is 11.8 Å². The van der Waals surface area contributed by atoms with E-state index in [4.69, 9.17) is 21.6 Å². The second-order valence-corrected chi connectivity index (χ2v) is 9.35. The first-order valence-corrected chi connectivity index (χ1v) is 11.9. The van der Waals surface area contributed by atoms with Crippen molar-refractivity contribution in [1.82, 2.24) is 20.3 Å². The van der Waals surface area contributed by atoms with Crippen molar-refractivity contribution in [2.45, 2.75) is 44.3 Å². The Bertz CT molecular complexity index is 1270. The van der Waals surface area contributed by atoms with E-state index < -0.39 is 0 Å². The molecule has 2 N–H and O–H groups in total. The third-order valence-corrected chi connectivity index (χ3v) is 6.73. The Balaban J connectivity index is 1.19. The van der Waals surface area contributed by atoms with Crippen molar-refractivity contribution in [3.63, 3.8) is 0 Å². The topological polar surface area (TPSA) is 66.0 Å². The van der Waals surface area contributed by atoms with Gasteiger partial charge in [0, 0.05) is 49.1 Å². The molecule has 170 valence electrons. The van der Waals surface area contributed by atoms with Crippen LogP contribution in [0.1, 0.15) is 31.2 Å². The van der Waals surface area contributed by atoms with E-state index >= 15 is 0 Å². The minimum atomic E-state index is 0.380. The second kappa shape index (κ2) is 9.49. The third kappa shape index (κ3) is 4.87. The minimum absolute atomic E-state index is 0.380. The summed E-state index contributed by atoms with van der Waals surface area (Å²) in [6.07, 6.45) is 4.36. The molecule has 2 heterocycles. The number of halogens is 1. The van der Waals surface area contributed by atoms with E-state index in [1.807, 2.05) is 55.4 Å². The van der Waals surface area contributed by atoms with Gasteiger partial charge in [0.1, 0.15) is 11.0 Å². The highest BCUT2D eigenvalue weighted by Gasteiger charge is 2.22. The van der Waals surface area contributed by atoms with Crippen LogP contribution in [-0.4, -0.2) is 41.1 Å². The molecule has 1 saturated carbocycles. The first kappa shape index (κ1) is 21.9. The second-order valence-electron chi connectivity index (χ2n) is 8.99. The fourth-order valence-electron chi connectivity index (χ4n) is 4.60. The quantitative estimate of drug-likeness (QED) is 0.375. The van der Waals surface area contributed by atoms with Crippen LogP contribution in [0.15, 0.2) is 54.6 Å². The molecule has 0 aliphatic heterocycles. The molecule has 1 aliphatic rings. The van der Waals surface area contributed by atoms with Crippen LogP contribution in [0.2, 0.25) is 5.15 Å². The molecule has 7 heteroatoms. The molecule has 6 nitrogen and oxygen atoms in total. The summed E-state index contributed by atoms with van der Waals surface area (Å²) in [7, 11) is 4.04. The van der Waals surface area contributed by atoms with Gasteiger partial charge in [0.15, 0.2) is 0 Å². The third-order valence-electron chi connectivity index (χ3n) is 6.40. The predicted octanol–water partition coefficient (Wildman–Crippen LogP) is 5.41. The molecule has 0 atom stereocenters. The van der Waals surface area contributed by atoms with Crippen molar-refractivity contribution in [3.05, 3.63) is 65.3 Å². The lowest BCUT2D eigenvalue weighted by molar-refractivity contribution is 0.352.